The van der Waals surface area contributed by atoms with E-state index < -0.39 is 5.97 Å². The van der Waals surface area contributed by atoms with Gasteiger partial charge in [0, 0.05) is 5.57 Å². The molecule has 4 atom stereocenters. The van der Waals surface area contributed by atoms with Crippen LogP contribution in [0.1, 0.15) is 13.3 Å². The van der Waals surface area contributed by atoms with Crippen LogP contribution in [0.5, 0.6) is 5.75 Å². The average Bonchev–Trinajstić information content (AvgIpc) is 3.22. The van der Waals surface area contributed by atoms with Crippen molar-refractivity contribution < 1.29 is 19.1 Å². The monoisotopic (exact) mass is 323 g/mol. The van der Waals surface area contributed by atoms with Crippen molar-refractivity contribution in [3.8, 4) is 5.75 Å². The van der Waals surface area contributed by atoms with E-state index in [1.54, 1.807) is 31.2 Å². The first-order chi connectivity index (χ1) is 11.5. The van der Waals surface area contributed by atoms with Crippen molar-refractivity contribution >= 4 is 23.5 Å². The van der Waals surface area contributed by atoms with Crippen LogP contribution in [0.2, 0.25) is 0 Å². The van der Waals surface area contributed by atoms with Crippen molar-refractivity contribution in [1.82, 2.24) is 0 Å². The molecule has 0 spiro atoms. The van der Waals surface area contributed by atoms with Crippen LogP contribution in [-0.2, 0) is 14.4 Å². The van der Waals surface area contributed by atoms with Crippen LogP contribution in [-0.4, -0.2) is 17.8 Å². The van der Waals surface area contributed by atoms with E-state index in [0.29, 0.717) is 17.0 Å². The number of imide groups is 1. The number of carbonyl (C=O) groups excluding carboxylic acids is 3. The number of esters is 1. The third kappa shape index (κ3) is 2.04. The van der Waals surface area contributed by atoms with Crippen LogP contribution in [0.4, 0.5) is 5.69 Å². The molecule has 2 amide bonds. The highest BCUT2D eigenvalue weighted by atomic mass is 16.5. The van der Waals surface area contributed by atoms with Gasteiger partial charge in [0.2, 0.25) is 11.8 Å². The van der Waals surface area contributed by atoms with Crippen molar-refractivity contribution in [3.63, 3.8) is 0 Å². The first kappa shape index (κ1) is 14.9. The molecule has 3 aliphatic rings. The molecule has 2 aliphatic carbocycles. The Morgan fingerprint density at radius 3 is 2.12 bits per heavy atom. The number of nitrogens with zero attached hydrogens (tertiary/aromatic N) is 1. The maximum absolute atomic E-state index is 12.7. The molecule has 1 aromatic carbocycles. The molecular weight excluding hydrogens is 306 g/mol. The summed E-state index contributed by atoms with van der Waals surface area (Å²) in [4.78, 5) is 38.2. The van der Waals surface area contributed by atoms with E-state index in [0.717, 1.165) is 6.42 Å². The Balaban J connectivity index is 1.57. The Hall–Kier alpha value is -2.69. The Kier molecular flexibility index (Phi) is 3.20. The Labute approximate surface area is 139 Å². The summed E-state index contributed by atoms with van der Waals surface area (Å²) in [5.74, 6) is -0.431. The molecule has 5 heteroatoms. The van der Waals surface area contributed by atoms with Gasteiger partial charge in [-0.25, -0.2) is 4.79 Å². The fourth-order valence-electron chi connectivity index (χ4n) is 4.01. The zero-order chi connectivity index (χ0) is 17.0. The van der Waals surface area contributed by atoms with Gasteiger partial charge >= 0.3 is 5.97 Å². The third-order valence-electron chi connectivity index (χ3n) is 5.12. The van der Waals surface area contributed by atoms with E-state index in [1.165, 1.54) is 4.90 Å². The molecule has 24 heavy (non-hydrogen) atoms. The Morgan fingerprint density at radius 1 is 1.08 bits per heavy atom. The van der Waals surface area contributed by atoms with E-state index in [4.69, 9.17) is 4.74 Å². The highest BCUT2D eigenvalue weighted by Crippen LogP contribution is 2.53. The highest BCUT2D eigenvalue weighted by molar-refractivity contribution is 6.22. The lowest BCUT2D eigenvalue weighted by Crippen LogP contribution is -2.32. The van der Waals surface area contributed by atoms with Gasteiger partial charge in [0.15, 0.2) is 0 Å². The minimum atomic E-state index is -0.506. The SMILES string of the molecule is C=C(C)C(=O)Oc1ccc(N2C(=O)[C@H]3[C@H](C2=O)[C@H]2C=C[C@@H]3C2)cc1. The molecule has 1 aliphatic heterocycles. The van der Waals surface area contributed by atoms with Crippen molar-refractivity contribution in [3.05, 3.63) is 48.6 Å². The molecule has 1 aromatic rings. The number of ether oxygens (including phenoxy) is 1. The van der Waals surface area contributed by atoms with Gasteiger partial charge in [-0.3, -0.25) is 14.5 Å². The van der Waals surface area contributed by atoms with Crippen LogP contribution in [0.15, 0.2) is 48.6 Å². The Morgan fingerprint density at radius 2 is 1.62 bits per heavy atom. The summed E-state index contributed by atoms with van der Waals surface area (Å²) in [5, 5.41) is 0. The zero-order valence-electron chi connectivity index (χ0n) is 13.3. The smallest absolute Gasteiger partial charge is 0.338 e. The molecule has 1 heterocycles. The van der Waals surface area contributed by atoms with Crippen LogP contribution in [0, 0.1) is 23.7 Å². The molecule has 4 rings (SSSR count). The summed E-state index contributed by atoms with van der Waals surface area (Å²) in [6, 6.07) is 6.43. The van der Waals surface area contributed by atoms with Crippen LogP contribution in [0.25, 0.3) is 0 Å². The van der Waals surface area contributed by atoms with Gasteiger partial charge in [0.05, 0.1) is 17.5 Å². The fraction of sp³-hybridized carbons (Fsp3) is 0.316. The maximum Gasteiger partial charge on any atom is 0.338 e. The van der Waals surface area contributed by atoms with E-state index >= 15 is 0 Å². The molecule has 2 fully saturated rings. The second-order valence-electron chi connectivity index (χ2n) is 6.68. The van der Waals surface area contributed by atoms with Crippen molar-refractivity contribution in [1.29, 1.82) is 0 Å². The molecular formula is C19H17NO4. The van der Waals surface area contributed by atoms with E-state index in [-0.39, 0.29) is 35.5 Å². The lowest BCUT2D eigenvalue weighted by molar-refractivity contribution is -0.130. The first-order valence-electron chi connectivity index (χ1n) is 8.01. The van der Waals surface area contributed by atoms with Crippen LogP contribution >= 0.6 is 0 Å². The van der Waals surface area contributed by atoms with Gasteiger partial charge < -0.3 is 4.74 Å². The number of hydrogen-bond donors (Lipinski definition) is 0. The summed E-state index contributed by atoms with van der Waals surface area (Å²) in [5.41, 5.74) is 0.827. The molecule has 2 bridgehead atoms. The summed E-state index contributed by atoms with van der Waals surface area (Å²) in [6.07, 6.45) is 5.05. The van der Waals surface area contributed by atoms with Crippen molar-refractivity contribution in [2.24, 2.45) is 23.7 Å². The first-order valence-corrected chi connectivity index (χ1v) is 8.01. The number of anilines is 1. The van der Waals surface area contributed by atoms with Crippen LogP contribution < -0.4 is 9.64 Å². The maximum atomic E-state index is 12.7. The van der Waals surface area contributed by atoms with Gasteiger partial charge in [-0.05, 0) is 49.4 Å². The quantitative estimate of drug-likeness (QED) is 0.282. The van der Waals surface area contributed by atoms with E-state index in [9.17, 15) is 14.4 Å². The fourth-order valence-corrected chi connectivity index (χ4v) is 4.01. The highest BCUT2D eigenvalue weighted by Gasteiger charge is 2.59. The topological polar surface area (TPSA) is 63.7 Å². The predicted molar refractivity (Wildman–Crippen MR) is 87.1 cm³/mol. The normalized spacial score (nSPS) is 30.0. The molecule has 122 valence electrons. The van der Waals surface area contributed by atoms with Crippen LogP contribution in [0.3, 0.4) is 0 Å². The summed E-state index contributed by atoms with van der Waals surface area (Å²) in [7, 11) is 0. The molecule has 0 aromatic heterocycles. The van der Waals surface area contributed by atoms with E-state index in [2.05, 4.69) is 18.7 Å². The third-order valence-corrected chi connectivity index (χ3v) is 5.12. The molecule has 1 saturated heterocycles. The Bertz CT molecular complexity index is 762. The second-order valence-corrected chi connectivity index (χ2v) is 6.68. The van der Waals surface area contributed by atoms with Gasteiger partial charge in [-0.1, -0.05) is 18.7 Å². The largest absolute Gasteiger partial charge is 0.423 e. The molecule has 0 N–H and O–H groups in total. The summed E-state index contributed by atoms with van der Waals surface area (Å²) < 4.78 is 5.13. The molecule has 0 radical (unpaired) electrons. The number of amides is 2. The number of rotatable bonds is 3. The minimum absolute atomic E-state index is 0.117. The second kappa shape index (κ2) is 5.16. The van der Waals surface area contributed by atoms with Crippen molar-refractivity contribution in [2.45, 2.75) is 13.3 Å². The van der Waals surface area contributed by atoms with Gasteiger partial charge in [0.25, 0.3) is 0 Å². The van der Waals surface area contributed by atoms with Gasteiger partial charge in [0.1, 0.15) is 5.75 Å². The lowest BCUT2D eigenvalue weighted by atomic mass is 9.85. The number of benzene rings is 1. The number of carbonyl (C=O) groups is 3. The standard InChI is InChI=1S/C19H17NO4/c1-10(2)19(23)24-14-7-5-13(6-8-14)20-17(21)15-11-3-4-12(9-11)16(15)18(20)22/h3-8,11-12,15-16H,1,9H2,2H3/t11-,12+,15-,16-/m1/s1. The lowest BCUT2D eigenvalue weighted by Gasteiger charge is -2.17. The van der Waals surface area contributed by atoms with Gasteiger partial charge in [-0.2, -0.15) is 0 Å². The number of allylic oxidation sites excluding steroid dienone is 2. The van der Waals surface area contributed by atoms with Crippen molar-refractivity contribution in [2.75, 3.05) is 4.90 Å². The number of hydrogen-bond acceptors (Lipinski definition) is 4. The molecule has 0 unspecified atom stereocenters. The van der Waals surface area contributed by atoms with Gasteiger partial charge in [-0.15, -0.1) is 0 Å². The summed E-state index contributed by atoms with van der Waals surface area (Å²) >= 11 is 0. The minimum Gasteiger partial charge on any atom is -0.423 e. The molecule has 1 saturated carbocycles. The predicted octanol–water partition coefficient (Wildman–Crippen LogP) is 2.48. The zero-order valence-corrected chi connectivity index (χ0v) is 13.3. The number of fused-ring (bicyclic) bond motifs is 5. The summed E-state index contributed by atoms with van der Waals surface area (Å²) in [6.45, 7) is 5.09. The molecule has 5 nitrogen and oxygen atoms in total. The van der Waals surface area contributed by atoms with E-state index in [1.807, 2.05) is 0 Å². The average molecular weight is 323 g/mol.